The Balaban J connectivity index is 1.61. The Hall–Kier alpha value is -2.88. The van der Waals surface area contributed by atoms with E-state index in [1.807, 2.05) is 0 Å². The molecule has 0 radical (unpaired) electrons. The Morgan fingerprint density at radius 2 is 2.00 bits per heavy atom. The van der Waals surface area contributed by atoms with Crippen LogP contribution in [0.2, 0.25) is 5.02 Å². The highest BCUT2D eigenvalue weighted by atomic mass is 35.5. The van der Waals surface area contributed by atoms with E-state index in [4.69, 9.17) is 11.6 Å². The molecule has 0 fully saturated rings. The maximum absolute atomic E-state index is 12.9. The molecule has 0 bridgehead atoms. The second-order valence-corrected chi connectivity index (χ2v) is 6.12. The number of carbonyl (C=O) groups excluding carboxylic acids is 1. The number of halogens is 4. The van der Waals surface area contributed by atoms with Gasteiger partial charge >= 0.3 is 6.18 Å². The number of alkyl halides is 3. The molecule has 11 heteroatoms. The van der Waals surface area contributed by atoms with Crippen LogP contribution in [0.25, 0.3) is 11.4 Å². The second kappa shape index (κ2) is 7.39. The molecule has 0 aliphatic heterocycles. The van der Waals surface area contributed by atoms with Gasteiger partial charge in [-0.15, -0.1) is 0 Å². The van der Waals surface area contributed by atoms with Gasteiger partial charge in [-0.2, -0.15) is 23.4 Å². The number of aryl methyl sites for hydroxylation is 1. The number of aromatic amines is 1. The van der Waals surface area contributed by atoms with Gasteiger partial charge in [0.1, 0.15) is 5.82 Å². The third kappa shape index (κ3) is 4.45. The molecule has 0 atom stereocenters. The van der Waals surface area contributed by atoms with Crippen LogP contribution in [0.4, 0.5) is 13.2 Å². The molecule has 1 aromatic carbocycles. The highest BCUT2D eigenvalue weighted by Gasteiger charge is 2.38. The minimum absolute atomic E-state index is 0.0836. The Bertz CT molecular complexity index is 948. The molecule has 3 aromatic rings. The first-order chi connectivity index (χ1) is 12.7. The summed E-state index contributed by atoms with van der Waals surface area (Å²) in [5, 5.41) is 13.1. The number of hydrogen-bond acceptors (Lipinski definition) is 4. The van der Waals surface area contributed by atoms with Crippen molar-refractivity contribution in [3.05, 3.63) is 52.6 Å². The van der Waals surface area contributed by atoms with E-state index in [1.165, 1.54) is 7.05 Å². The van der Waals surface area contributed by atoms with Crippen LogP contribution in [0.15, 0.2) is 30.5 Å². The topological polar surface area (TPSA) is 88.5 Å². The van der Waals surface area contributed by atoms with E-state index in [0.29, 0.717) is 16.7 Å². The van der Waals surface area contributed by atoms with Gasteiger partial charge in [-0.3, -0.25) is 14.6 Å². The monoisotopic (exact) mass is 398 g/mol. The lowest BCUT2D eigenvalue weighted by Crippen LogP contribution is -2.27. The van der Waals surface area contributed by atoms with Crippen LogP contribution in [-0.2, 0) is 19.6 Å². The molecule has 0 unspecified atom stereocenters. The first kappa shape index (κ1) is 18.9. The highest BCUT2D eigenvalue weighted by molar-refractivity contribution is 6.30. The van der Waals surface area contributed by atoms with Gasteiger partial charge in [0, 0.05) is 36.8 Å². The van der Waals surface area contributed by atoms with Gasteiger partial charge in [-0.1, -0.05) is 11.6 Å². The molecule has 27 heavy (non-hydrogen) atoms. The molecule has 142 valence electrons. The predicted molar refractivity (Wildman–Crippen MR) is 91.1 cm³/mol. The summed E-state index contributed by atoms with van der Waals surface area (Å²) in [6.45, 7) is 0.0836. The van der Waals surface area contributed by atoms with Crippen LogP contribution in [0.3, 0.4) is 0 Å². The molecule has 2 N–H and O–H groups in total. The maximum Gasteiger partial charge on any atom is 0.435 e. The number of amides is 1. The number of carbonyl (C=O) groups is 1. The molecule has 2 heterocycles. The first-order valence-corrected chi connectivity index (χ1v) is 8.18. The van der Waals surface area contributed by atoms with Gasteiger partial charge in [-0.05, 0) is 24.3 Å². The normalized spacial score (nSPS) is 11.6. The van der Waals surface area contributed by atoms with Gasteiger partial charge in [0.15, 0.2) is 11.5 Å². The standard InChI is InChI=1S/C16H14ClF3N6O/c1-26-8-11(13(25-26)16(18,19)20)15(27)21-7-6-12-22-14(24-23-12)9-2-4-10(17)5-3-9/h2-5,8H,6-7H2,1H3,(H,21,27)(H,22,23,24). The van der Waals surface area contributed by atoms with Crippen LogP contribution in [0.1, 0.15) is 21.9 Å². The van der Waals surface area contributed by atoms with E-state index in [-0.39, 0.29) is 13.0 Å². The fraction of sp³-hybridized carbons (Fsp3) is 0.250. The fourth-order valence-corrected chi connectivity index (χ4v) is 2.51. The highest BCUT2D eigenvalue weighted by Crippen LogP contribution is 2.30. The van der Waals surface area contributed by atoms with Crippen LogP contribution < -0.4 is 5.32 Å². The van der Waals surface area contributed by atoms with Crippen molar-refractivity contribution in [1.82, 2.24) is 30.3 Å². The largest absolute Gasteiger partial charge is 0.435 e. The van der Waals surface area contributed by atoms with Crippen LogP contribution in [-0.4, -0.2) is 37.4 Å². The zero-order chi connectivity index (χ0) is 19.6. The van der Waals surface area contributed by atoms with E-state index in [0.717, 1.165) is 16.4 Å². The van der Waals surface area contributed by atoms with E-state index >= 15 is 0 Å². The van der Waals surface area contributed by atoms with Crippen molar-refractivity contribution in [2.24, 2.45) is 7.05 Å². The van der Waals surface area contributed by atoms with Gasteiger partial charge in [0.05, 0.1) is 5.56 Å². The summed E-state index contributed by atoms with van der Waals surface area (Å²) in [5.74, 6) is 0.0926. The summed E-state index contributed by atoms with van der Waals surface area (Å²) in [4.78, 5) is 16.3. The molecule has 0 saturated heterocycles. The molecular formula is C16H14ClF3N6O. The Labute approximate surface area is 156 Å². The number of nitrogens with zero attached hydrogens (tertiary/aromatic N) is 4. The molecule has 1 amide bonds. The third-order valence-electron chi connectivity index (χ3n) is 3.62. The Kier molecular flexibility index (Phi) is 5.17. The maximum atomic E-state index is 12.9. The SMILES string of the molecule is Cn1cc(C(=O)NCCc2nc(-c3ccc(Cl)cc3)n[nH]2)c(C(F)(F)F)n1. The van der Waals surface area contributed by atoms with E-state index < -0.39 is 23.3 Å². The second-order valence-electron chi connectivity index (χ2n) is 5.68. The lowest BCUT2D eigenvalue weighted by atomic mass is 10.2. The van der Waals surface area contributed by atoms with Crippen LogP contribution in [0, 0.1) is 0 Å². The zero-order valence-corrected chi connectivity index (χ0v) is 14.8. The van der Waals surface area contributed by atoms with Crippen molar-refractivity contribution in [3.8, 4) is 11.4 Å². The third-order valence-corrected chi connectivity index (χ3v) is 3.88. The number of H-pyrrole nitrogens is 1. The van der Waals surface area contributed by atoms with Gasteiger partial charge in [0.25, 0.3) is 5.91 Å². The Morgan fingerprint density at radius 3 is 2.67 bits per heavy atom. The average molecular weight is 399 g/mol. The minimum Gasteiger partial charge on any atom is -0.351 e. The summed E-state index contributed by atoms with van der Waals surface area (Å²) in [6.07, 6.45) is -3.40. The predicted octanol–water partition coefficient (Wildman–Crippen LogP) is 2.85. The summed E-state index contributed by atoms with van der Waals surface area (Å²) < 4.78 is 39.7. The molecule has 0 aliphatic rings. The molecule has 0 spiro atoms. The van der Waals surface area contributed by atoms with Crippen molar-refractivity contribution in [2.75, 3.05) is 6.54 Å². The molecule has 2 aromatic heterocycles. The summed E-state index contributed by atoms with van der Waals surface area (Å²) >= 11 is 5.83. The van der Waals surface area contributed by atoms with Crippen LogP contribution >= 0.6 is 11.6 Å². The van der Waals surface area contributed by atoms with E-state index in [9.17, 15) is 18.0 Å². The molecule has 0 saturated carbocycles. The van der Waals surface area contributed by atoms with Crippen molar-refractivity contribution >= 4 is 17.5 Å². The van der Waals surface area contributed by atoms with E-state index in [2.05, 4.69) is 25.6 Å². The number of rotatable bonds is 5. The Morgan fingerprint density at radius 1 is 1.30 bits per heavy atom. The van der Waals surface area contributed by atoms with E-state index in [1.54, 1.807) is 24.3 Å². The minimum atomic E-state index is -4.70. The van der Waals surface area contributed by atoms with Gasteiger partial charge < -0.3 is 5.32 Å². The molecular weight excluding hydrogens is 385 g/mol. The summed E-state index contributed by atoms with van der Waals surface area (Å²) in [7, 11) is 1.32. The number of nitrogens with one attached hydrogen (secondary N) is 2. The number of benzene rings is 1. The van der Waals surface area contributed by atoms with Crippen molar-refractivity contribution in [1.29, 1.82) is 0 Å². The quantitative estimate of drug-likeness (QED) is 0.691. The molecule has 3 rings (SSSR count). The van der Waals surface area contributed by atoms with Gasteiger partial charge in [-0.25, -0.2) is 4.98 Å². The van der Waals surface area contributed by atoms with Crippen molar-refractivity contribution in [3.63, 3.8) is 0 Å². The fourth-order valence-electron chi connectivity index (χ4n) is 2.39. The van der Waals surface area contributed by atoms with Gasteiger partial charge in [0.2, 0.25) is 0 Å². The lowest BCUT2D eigenvalue weighted by molar-refractivity contribution is -0.141. The van der Waals surface area contributed by atoms with Crippen LogP contribution in [0.5, 0.6) is 0 Å². The summed E-state index contributed by atoms with van der Waals surface area (Å²) in [6, 6.07) is 6.94. The average Bonchev–Trinajstić information content (AvgIpc) is 3.22. The smallest absolute Gasteiger partial charge is 0.351 e. The number of aromatic nitrogens is 5. The molecule has 7 nitrogen and oxygen atoms in total. The first-order valence-electron chi connectivity index (χ1n) is 7.80. The lowest BCUT2D eigenvalue weighted by Gasteiger charge is -2.06. The van der Waals surface area contributed by atoms with Crippen molar-refractivity contribution < 1.29 is 18.0 Å². The zero-order valence-electron chi connectivity index (χ0n) is 14.0. The number of hydrogen-bond donors (Lipinski definition) is 2. The molecule has 0 aliphatic carbocycles. The van der Waals surface area contributed by atoms with Crippen molar-refractivity contribution in [2.45, 2.75) is 12.6 Å². The summed E-state index contributed by atoms with van der Waals surface area (Å²) in [5.41, 5.74) is -0.979.